The Morgan fingerprint density at radius 3 is 1.42 bits per heavy atom. The van der Waals surface area contributed by atoms with E-state index in [0.717, 1.165) is 13.0 Å². The summed E-state index contributed by atoms with van der Waals surface area (Å²) in [5.41, 5.74) is -12.1. The second-order valence-corrected chi connectivity index (χ2v) is 9.42. The number of esters is 1. The lowest BCUT2D eigenvalue weighted by Gasteiger charge is -2.47. The Balaban J connectivity index is 3.55. The SMILES string of the molecule is CCC(C)(C=C(C)C)C(=O)OC(C1CCC(C(O)(C(F)(F)F)C(F)(F)F)CC1)(C(F)(F)F)C(F)(F)F. The molecule has 1 unspecified atom stereocenters. The Hall–Kier alpha value is -1.67. The van der Waals surface area contributed by atoms with E-state index >= 15 is 0 Å². The van der Waals surface area contributed by atoms with Crippen LogP contribution in [0.2, 0.25) is 0 Å². The second kappa shape index (κ2) is 9.90. The molecule has 36 heavy (non-hydrogen) atoms. The molecule has 1 N–H and O–H groups in total. The number of carbonyl (C=O) groups excluding carboxylic acids is 1. The van der Waals surface area contributed by atoms with E-state index in [1.54, 1.807) is 0 Å². The smallest absolute Gasteiger partial charge is 0.437 e. The number of halogens is 12. The molecule has 15 heteroatoms. The molecule has 0 aromatic rings. The van der Waals surface area contributed by atoms with Gasteiger partial charge in [0.2, 0.25) is 0 Å². The zero-order valence-corrected chi connectivity index (χ0v) is 19.6. The fraction of sp³-hybridized carbons (Fsp3) is 0.857. The number of alkyl halides is 12. The largest absolute Gasteiger partial charge is 0.438 e. The van der Waals surface area contributed by atoms with Gasteiger partial charge in [-0.3, -0.25) is 4.79 Å². The molecule has 1 saturated carbocycles. The lowest BCUT2D eigenvalue weighted by atomic mass is 9.67. The quantitative estimate of drug-likeness (QED) is 0.211. The molecule has 0 aromatic carbocycles. The summed E-state index contributed by atoms with van der Waals surface area (Å²) < 4.78 is 167. The van der Waals surface area contributed by atoms with Gasteiger partial charge in [0.15, 0.2) is 0 Å². The molecule has 3 nitrogen and oxygen atoms in total. The summed E-state index contributed by atoms with van der Waals surface area (Å²) in [4.78, 5) is 12.7. The van der Waals surface area contributed by atoms with Gasteiger partial charge in [0, 0.05) is 11.8 Å². The van der Waals surface area contributed by atoms with Crippen molar-refractivity contribution >= 4 is 5.97 Å². The van der Waals surface area contributed by atoms with Crippen LogP contribution in [0.4, 0.5) is 52.7 Å². The summed E-state index contributed by atoms with van der Waals surface area (Å²) in [5, 5.41) is 9.50. The molecule has 1 rings (SSSR count). The molecule has 212 valence electrons. The Bertz CT molecular complexity index is 782. The lowest BCUT2D eigenvalue weighted by Crippen LogP contribution is -2.67. The zero-order valence-electron chi connectivity index (χ0n) is 19.6. The highest BCUT2D eigenvalue weighted by Gasteiger charge is 2.79. The van der Waals surface area contributed by atoms with E-state index in [9.17, 15) is 62.6 Å². The number of ether oxygens (including phenoxy) is 1. The number of hydrogen-bond donors (Lipinski definition) is 1. The van der Waals surface area contributed by atoms with Crippen molar-refractivity contribution in [2.75, 3.05) is 0 Å². The molecular formula is C21H26F12O3. The van der Waals surface area contributed by atoms with Crippen LogP contribution in [0.1, 0.15) is 59.8 Å². The molecular weight excluding hydrogens is 528 g/mol. The molecule has 0 aromatic heterocycles. The van der Waals surface area contributed by atoms with Crippen molar-refractivity contribution < 1.29 is 67.3 Å². The highest BCUT2D eigenvalue weighted by atomic mass is 19.4. The van der Waals surface area contributed by atoms with Gasteiger partial charge in [0.25, 0.3) is 5.60 Å². The molecule has 1 fully saturated rings. The monoisotopic (exact) mass is 554 g/mol. The third-order valence-electron chi connectivity index (χ3n) is 6.66. The minimum atomic E-state index is -6.32. The van der Waals surface area contributed by atoms with Crippen LogP contribution < -0.4 is 0 Å². The minimum absolute atomic E-state index is 0.278. The molecule has 0 spiro atoms. The van der Waals surface area contributed by atoms with E-state index in [-0.39, 0.29) is 6.42 Å². The summed E-state index contributed by atoms with van der Waals surface area (Å²) in [6, 6.07) is 0. The van der Waals surface area contributed by atoms with Crippen LogP contribution in [0.5, 0.6) is 0 Å². The topological polar surface area (TPSA) is 46.5 Å². The Kier molecular flexibility index (Phi) is 8.90. The van der Waals surface area contributed by atoms with Crippen LogP contribution in [-0.2, 0) is 9.53 Å². The normalized spacial score (nSPS) is 22.6. The predicted octanol–water partition coefficient (Wildman–Crippen LogP) is 7.44. The van der Waals surface area contributed by atoms with Gasteiger partial charge in [-0.2, -0.15) is 52.7 Å². The first-order valence-corrected chi connectivity index (χ1v) is 10.7. The number of carbonyl (C=O) groups is 1. The fourth-order valence-electron chi connectivity index (χ4n) is 4.57. The molecule has 1 aliphatic carbocycles. The Labute approximate surface area is 198 Å². The Morgan fingerprint density at radius 1 is 0.778 bits per heavy atom. The van der Waals surface area contributed by atoms with Gasteiger partial charge in [-0.15, -0.1) is 0 Å². The number of hydrogen-bond acceptors (Lipinski definition) is 3. The van der Waals surface area contributed by atoms with Crippen molar-refractivity contribution in [1.29, 1.82) is 0 Å². The molecule has 0 amide bonds. The highest BCUT2D eigenvalue weighted by molar-refractivity contribution is 5.79. The summed E-state index contributed by atoms with van der Waals surface area (Å²) in [6.07, 6.45) is -30.4. The molecule has 0 bridgehead atoms. The van der Waals surface area contributed by atoms with Crippen LogP contribution in [0, 0.1) is 17.3 Å². The van der Waals surface area contributed by atoms with E-state index in [1.165, 1.54) is 20.8 Å². The van der Waals surface area contributed by atoms with E-state index in [2.05, 4.69) is 4.74 Å². The van der Waals surface area contributed by atoms with Crippen molar-refractivity contribution in [1.82, 2.24) is 0 Å². The number of rotatable bonds is 6. The molecule has 0 radical (unpaired) electrons. The third-order valence-corrected chi connectivity index (χ3v) is 6.66. The van der Waals surface area contributed by atoms with E-state index in [0.29, 0.717) is 5.57 Å². The summed E-state index contributed by atoms with van der Waals surface area (Å²) in [7, 11) is 0. The van der Waals surface area contributed by atoms with Gasteiger partial charge in [-0.25, -0.2) is 0 Å². The van der Waals surface area contributed by atoms with Crippen LogP contribution in [0.3, 0.4) is 0 Å². The third kappa shape index (κ3) is 5.59. The first kappa shape index (κ1) is 32.4. The molecule has 1 atom stereocenters. The molecule has 0 aliphatic heterocycles. The Morgan fingerprint density at radius 2 is 1.14 bits per heavy atom. The average Bonchev–Trinajstić information content (AvgIpc) is 2.67. The first-order chi connectivity index (χ1) is 15.8. The predicted molar refractivity (Wildman–Crippen MR) is 101 cm³/mol. The van der Waals surface area contributed by atoms with Crippen LogP contribution in [0.25, 0.3) is 0 Å². The molecule has 0 heterocycles. The van der Waals surface area contributed by atoms with E-state index < -0.39 is 84.8 Å². The lowest BCUT2D eigenvalue weighted by molar-refractivity contribution is -0.399. The molecule has 1 aliphatic rings. The van der Waals surface area contributed by atoms with Crippen LogP contribution in [-0.4, -0.2) is 47.0 Å². The summed E-state index contributed by atoms with van der Waals surface area (Å²) in [5.74, 6) is -7.43. The van der Waals surface area contributed by atoms with Gasteiger partial charge >= 0.3 is 36.3 Å². The van der Waals surface area contributed by atoms with Gasteiger partial charge in [0.05, 0.1) is 5.41 Å². The zero-order chi connectivity index (χ0) is 28.8. The minimum Gasteiger partial charge on any atom is -0.438 e. The maximum absolute atomic E-state index is 14.1. The van der Waals surface area contributed by atoms with Crippen LogP contribution >= 0.6 is 0 Å². The van der Waals surface area contributed by atoms with Gasteiger partial charge in [-0.05, 0) is 52.9 Å². The van der Waals surface area contributed by atoms with Crippen molar-refractivity contribution in [3.8, 4) is 0 Å². The van der Waals surface area contributed by atoms with E-state index in [4.69, 9.17) is 0 Å². The van der Waals surface area contributed by atoms with Gasteiger partial charge in [-0.1, -0.05) is 18.6 Å². The number of aliphatic hydroxyl groups is 1. The van der Waals surface area contributed by atoms with Crippen molar-refractivity contribution in [3.63, 3.8) is 0 Å². The van der Waals surface area contributed by atoms with Gasteiger partial charge < -0.3 is 9.84 Å². The maximum atomic E-state index is 14.1. The highest BCUT2D eigenvalue weighted by Crippen LogP contribution is 2.58. The number of allylic oxidation sites excluding steroid dienone is 1. The summed E-state index contributed by atoms with van der Waals surface area (Å²) >= 11 is 0. The molecule has 0 saturated heterocycles. The van der Waals surface area contributed by atoms with Crippen molar-refractivity contribution in [3.05, 3.63) is 11.6 Å². The second-order valence-electron chi connectivity index (χ2n) is 9.42. The fourth-order valence-corrected chi connectivity index (χ4v) is 4.57. The standard InChI is InChI=1S/C21H26F12O3/c1-5-15(4,10-11(2)3)14(34)36-17(20(28,29)30,21(31,32)33)13-8-6-12(7-9-13)16(35,18(22,23)24)19(25,26)27/h10,12-13,35H,5-9H2,1-4H3. The van der Waals surface area contributed by atoms with Crippen molar-refractivity contribution in [2.24, 2.45) is 17.3 Å². The van der Waals surface area contributed by atoms with E-state index in [1.807, 2.05) is 0 Å². The van der Waals surface area contributed by atoms with Gasteiger partial charge in [0.1, 0.15) is 0 Å². The summed E-state index contributed by atoms with van der Waals surface area (Å²) in [6.45, 7) is 5.17. The maximum Gasteiger partial charge on any atom is 0.437 e. The van der Waals surface area contributed by atoms with Crippen molar-refractivity contribution in [2.45, 2.75) is 95.7 Å². The average molecular weight is 554 g/mol. The first-order valence-electron chi connectivity index (χ1n) is 10.7. The van der Waals surface area contributed by atoms with Crippen LogP contribution in [0.15, 0.2) is 11.6 Å².